The van der Waals surface area contributed by atoms with Gasteiger partial charge < -0.3 is 25.2 Å². The molecule has 0 radical (unpaired) electrons. The number of carboxylic acid groups (broad SMARTS) is 2. The van der Waals surface area contributed by atoms with Gasteiger partial charge in [0.1, 0.15) is 11.8 Å². The van der Waals surface area contributed by atoms with Gasteiger partial charge >= 0.3 is 18.0 Å². The van der Waals surface area contributed by atoms with Crippen molar-refractivity contribution in [3.63, 3.8) is 0 Å². The van der Waals surface area contributed by atoms with Gasteiger partial charge in [-0.2, -0.15) is 0 Å². The fourth-order valence-corrected chi connectivity index (χ4v) is 2.40. The Morgan fingerprint density at radius 2 is 1.74 bits per heavy atom. The Labute approximate surface area is 133 Å². The first-order valence-corrected chi connectivity index (χ1v) is 7.26. The molecule has 1 amide bonds. The smallest absolute Gasteiger partial charge is 0.414 e. The van der Waals surface area contributed by atoms with E-state index in [9.17, 15) is 9.18 Å². The summed E-state index contributed by atoms with van der Waals surface area (Å²) < 4.78 is 19.2. The Bertz CT molecular complexity index is 460. The molecule has 1 unspecified atom stereocenters. The van der Waals surface area contributed by atoms with Crippen molar-refractivity contribution in [3.05, 3.63) is 0 Å². The van der Waals surface area contributed by atoms with Gasteiger partial charge in [-0.15, -0.1) is 0 Å². The van der Waals surface area contributed by atoms with Crippen LogP contribution in [-0.4, -0.2) is 71.1 Å². The minimum absolute atomic E-state index is 0.323. The minimum atomic E-state index is -1.82. The lowest BCUT2D eigenvalue weighted by molar-refractivity contribution is -0.159. The van der Waals surface area contributed by atoms with Crippen molar-refractivity contribution in [2.75, 3.05) is 26.2 Å². The van der Waals surface area contributed by atoms with Gasteiger partial charge in [0, 0.05) is 31.6 Å². The number of carbonyl (C=O) groups is 3. The maximum atomic E-state index is 13.8. The Morgan fingerprint density at radius 3 is 2.09 bits per heavy atom. The van der Waals surface area contributed by atoms with Gasteiger partial charge in [-0.3, -0.25) is 0 Å². The molecule has 23 heavy (non-hydrogen) atoms. The first kappa shape index (κ1) is 19.1. The average Bonchev–Trinajstić information content (AvgIpc) is 2.35. The second-order valence-electron chi connectivity index (χ2n) is 6.73. The van der Waals surface area contributed by atoms with Crippen LogP contribution in [0.4, 0.5) is 9.18 Å². The number of nitrogens with one attached hydrogen (secondary N) is 1. The largest absolute Gasteiger partial charge is 0.473 e. The molecule has 1 spiro atoms. The first-order valence-electron chi connectivity index (χ1n) is 7.26. The summed E-state index contributed by atoms with van der Waals surface area (Å²) in [7, 11) is 0. The SMILES string of the molecule is CC(C)(C)OC(=O)N1CCC(F)C2(CNC2)C1.O=C(O)C(=O)O. The van der Waals surface area contributed by atoms with E-state index in [1.54, 1.807) is 4.90 Å². The number of carboxylic acids is 2. The van der Waals surface area contributed by atoms with Crippen LogP contribution in [0.1, 0.15) is 27.2 Å². The molecule has 0 aliphatic carbocycles. The van der Waals surface area contributed by atoms with E-state index >= 15 is 0 Å². The van der Waals surface area contributed by atoms with E-state index in [0.29, 0.717) is 32.6 Å². The van der Waals surface area contributed by atoms with Crippen LogP contribution >= 0.6 is 0 Å². The van der Waals surface area contributed by atoms with Gasteiger partial charge in [-0.05, 0) is 27.2 Å². The van der Waals surface area contributed by atoms with Crippen molar-refractivity contribution in [1.29, 1.82) is 0 Å². The fourth-order valence-electron chi connectivity index (χ4n) is 2.40. The molecule has 0 aromatic carbocycles. The van der Waals surface area contributed by atoms with Gasteiger partial charge in [0.2, 0.25) is 0 Å². The van der Waals surface area contributed by atoms with E-state index < -0.39 is 23.7 Å². The Balaban J connectivity index is 0.000000379. The lowest BCUT2D eigenvalue weighted by Crippen LogP contribution is -2.67. The Kier molecular flexibility index (Phi) is 5.92. The van der Waals surface area contributed by atoms with E-state index in [-0.39, 0.29) is 11.5 Å². The molecule has 132 valence electrons. The van der Waals surface area contributed by atoms with E-state index in [1.165, 1.54) is 0 Å². The number of hydrogen-bond donors (Lipinski definition) is 3. The van der Waals surface area contributed by atoms with Crippen molar-refractivity contribution in [3.8, 4) is 0 Å². The predicted octanol–water partition coefficient (Wildman–Crippen LogP) is 0.711. The van der Waals surface area contributed by atoms with E-state index in [4.69, 9.17) is 24.5 Å². The third-order valence-electron chi connectivity index (χ3n) is 3.61. The first-order chi connectivity index (χ1) is 10.5. The van der Waals surface area contributed by atoms with Gasteiger partial charge in [0.25, 0.3) is 0 Å². The summed E-state index contributed by atoms with van der Waals surface area (Å²) in [4.78, 5) is 31.7. The lowest BCUT2D eigenvalue weighted by Gasteiger charge is -2.50. The zero-order valence-electron chi connectivity index (χ0n) is 13.5. The van der Waals surface area contributed by atoms with E-state index in [2.05, 4.69) is 5.32 Å². The molecular weight excluding hydrogens is 311 g/mol. The summed E-state index contributed by atoms with van der Waals surface area (Å²) in [5.41, 5.74) is -0.857. The molecule has 2 heterocycles. The highest BCUT2D eigenvalue weighted by molar-refractivity contribution is 6.27. The monoisotopic (exact) mass is 334 g/mol. The number of rotatable bonds is 0. The molecule has 0 bridgehead atoms. The molecule has 2 fully saturated rings. The maximum Gasteiger partial charge on any atom is 0.414 e. The summed E-state index contributed by atoms with van der Waals surface area (Å²) in [6, 6.07) is 0. The zero-order valence-corrected chi connectivity index (χ0v) is 13.5. The molecule has 2 aliphatic rings. The number of nitrogens with zero attached hydrogens (tertiary/aromatic N) is 1. The number of piperidine rings is 1. The van der Waals surface area contributed by atoms with Gasteiger partial charge in [-0.1, -0.05) is 0 Å². The Morgan fingerprint density at radius 1 is 1.22 bits per heavy atom. The number of carbonyl (C=O) groups excluding carboxylic acids is 1. The molecule has 1 atom stereocenters. The standard InChI is InChI=1S/C12H21FN2O2.C2H2O4/c1-11(2,3)17-10(16)15-5-4-9(13)12(8-15)6-14-7-12;3-1(4)2(5)6/h9,14H,4-8H2,1-3H3;(H,3,4)(H,5,6). The molecule has 3 N–H and O–H groups in total. The molecule has 0 aromatic rings. The van der Waals surface area contributed by atoms with Crippen molar-refractivity contribution in [2.45, 2.75) is 39.0 Å². The molecule has 0 saturated carbocycles. The second-order valence-corrected chi connectivity index (χ2v) is 6.73. The molecule has 0 aromatic heterocycles. The van der Waals surface area contributed by atoms with Crippen LogP contribution in [0.25, 0.3) is 0 Å². The maximum absolute atomic E-state index is 13.8. The molecule has 2 aliphatic heterocycles. The Hall–Kier alpha value is -1.90. The summed E-state index contributed by atoms with van der Waals surface area (Å²) >= 11 is 0. The highest BCUT2D eigenvalue weighted by Crippen LogP contribution is 2.36. The zero-order chi connectivity index (χ0) is 17.8. The van der Waals surface area contributed by atoms with Crippen LogP contribution in [0.5, 0.6) is 0 Å². The van der Waals surface area contributed by atoms with Crippen LogP contribution in [-0.2, 0) is 14.3 Å². The second kappa shape index (κ2) is 7.12. The van der Waals surface area contributed by atoms with Gasteiger partial charge in [0.05, 0.1) is 0 Å². The molecule has 2 rings (SSSR count). The van der Waals surface area contributed by atoms with Crippen LogP contribution in [0.2, 0.25) is 0 Å². The van der Waals surface area contributed by atoms with Gasteiger partial charge in [-0.25, -0.2) is 18.8 Å². The molecule has 2 saturated heterocycles. The van der Waals surface area contributed by atoms with Crippen LogP contribution in [0.15, 0.2) is 0 Å². The third-order valence-corrected chi connectivity index (χ3v) is 3.61. The highest BCUT2D eigenvalue weighted by Gasteiger charge is 2.49. The highest BCUT2D eigenvalue weighted by atomic mass is 19.1. The predicted molar refractivity (Wildman–Crippen MR) is 77.9 cm³/mol. The number of alkyl halides is 1. The minimum Gasteiger partial charge on any atom is -0.473 e. The summed E-state index contributed by atoms with van der Waals surface area (Å²) in [5, 5.41) is 17.9. The molecular formula is C14H23FN2O6. The average molecular weight is 334 g/mol. The number of aliphatic carboxylic acids is 2. The van der Waals surface area contributed by atoms with Gasteiger partial charge in [0.15, 0.2) is 0 Å². The summed E-state index contributed by atoms with van der Waals surface area (Å²) in [5.74, 6) is -3.65. The fraction of sp³-hybridized carbons (Fsp3) is 0.786. The summed E-state index contributed by atoms with van der Waals surface area (Å²) in [6.07, 6.45) is -0.709. The van der Waals surface area contributed by atoms with Crippen LogP contribution < -0.4 is 5.32 Å². The van der Waals surface area contributed by atoms with E-state index in [0.717, 1.165) is 0 Å². The molecule has 9 heteroatoms. The number of ether oxygens (including phenoxy) is 1. The normalized spacial score (nSPS) is 22.4. The number of hydrogen-bond acceptors (Lipinski definition) is 5. The molecule has 8 nitrogen and oxygen atoms in total. The number of likely N-dealkylation sites (tertiary alicyclic amines) is 1. The van der Waals surface area contributed by atoms with Crippen molar-refractivity contribution < 1.29 is 33.7 Å². The number of amides is 1. The van der Waals surface area contributed by atoms with Crippen molar-refractivity contribution >= 4 is 18.0 Å². The lowest BCUT2D eigenvalue weighted by atomic mass is 9.73. The number of halogens is 1. The topological polar surface area (TPSA) is 116 Å². The van der Waals surface area contributed by atoms with Crippen molar-refractivity contribution in [1.82, 2.24) is 10.2 Å². The van der Waals surface area contributed by atoms with Crippen molar-refractivity contribution in [2.24, 2.45) is 5.41 Å². The van der Waals surface area contributed by atoms with Crippen LogP contribution in [0.3, 0.4) is 0 Å². The van der Waals surface area contributed by atoms with Crippen LogP contribution in [0, 0.1) is 5.41 Å². The summed E-state index contributed by atoms with van der Waals surface area (Å²) in [6.45, 7) is 7.77. The third kappa shape index (κ3) is 5.34. The van der Waals surface area contributed by atoms with E-state index in [1.807, 2.05) is 20.8 Å². The quantitative estimate of drug-likeness (QED) is 0.559.